The van der Waals surface area contributed by atoms with Gasteiger partial charge in [-0.2, -0.15) is 13.2 Å². The molecule has 2 heterocycles. The summed E-state index contributed by atoms with van der Waals surface area (Å²) in [6.07, 6.45) is -3.11. The first-order chi connectivity index (χ1) is 11.4. The van der Waals surface area contributed by atoms with Crippen LogP contribution in [0.15, 0.2) is 48.1 Å². The van der Waals surface area contributed by atoms with E-state index in [9.17, 15) is 13.2 Å². The lowest BCUT2D eigenvalue weighted by atomic mass is 10.3. The van der Waals surface area contributed by atoms with Gasteiger partial charge in [0.05, 0.1) is 0 Å². The van der Waals surface area contributed by atoms with Gasteiger partial charge in [0.2, 0.25) is 0 Å². The molecule has 0 saturated carbocycles. The van der Waals surface area contributed by atoms with Gasteiger partial charge >= 0.3 is 6.18 Å². The third kappa shape index (κ3) is 3.62. The summed E-state index contributed by atoms with van der Waals surface area (Å²) in [7, 11) is 1.84. The summed E-state index contributed by atoms with van der Waals surface area (Å²) in [4.78, 5) is 13.6. The van der Waals surface area contributed by atoms with Gasteiger partial charge in [0, 0.05) is 24.2 Å². The van der Waals surface area contributed by atoms with E-state index < -0.39 is 11.9 Å². The second-order valence-electron chi connectivity index (χ2n) is 4.82. The Hall–Kier alpha value is -2.68. The molecule has 0 amide bonds. The fourth-order valence-electron chi connectivity index (χ4n) is 1.95. The number of hydrogen-bond donors (Lipinski definition) is 1. The van der Waals surface area contributed by atoms with Crippen molar-refractivity contribution in [3.63, 3.8) is 0 Å². The number of para-hydroxylation sites is 1. The quantitative estimate of drug-likeness (QED) is 0.752. The van der Waals surface area contributed by atoms with E-state index in [2.05, 4.69) is 20.3 Å². The van der Waals surface area contributed by atoms with Crippen LogP contribution >= 0.6 is 11.3 Å². The van der Waals surface area contributed by atoms with Crippen molar-refractivity contribution in [2.45, 2.75) is 6.18 Å². The summed E-state index contributed by atoms with van der Waals surface area (Å²) >= 11 is 0.866. The van der Waals surface area contributed by atoms with Gasteiger partial charge in [-0.05, 0) is 12.1 Å². The molecule has 5 nitrogen and oxygen atoms in total. The molecule has 0 aliphatic carbocycles. The van der Waals surface area contributed by atoms with Gasteiger partial charge in [0.15, 0.2) is 10.8 Å². The highest BCUT2D eigenvalue weighted by atomic mass is 32.1. The monoisotopic (exact) mass is 351 g/mol. The molecular formula is C15H12F3N5S. The molecule has 0 aliphatic rings. The molecular weight excluding hydrogens is 339 g/mol. The van der Waals surface area contributed by atoms with E-state index in [4.69, 9.17) is 0 Å². The molecule has 0 aliphatic heterocycles. The number of nitrogens with one attached hydrogen (secondary N) is 1. The molecule has 2 aromatic heterocycles. The molecule has 0 bridgehead atoms. The van der Waals surface area contributed by atoms with Crippen LogP contribution in [0.1, 0.15) is 5.69 Å². The molecule has 124 valence electrons. The Labute approximate surface area is 139 Å². The van der Waals surface area contributed by atoms with E-state index in [1.807, 2.05) is 42.3 Å². The molecule has 24 heavy (non-hydrogen) atoms. The molecule has 1 aromatic carbocycles. The van der Waals surface area contributed by atoms with Gasteiger partial charge in [-0.25, -0.2) is 15.0 Å². The van der Waals surface area contributed by atoms with Crippen LogP contribution in [0.25, 0.3) is 0 Å². The standard InChI is InChI=1S/C15H12F3N5S/c1-23(10-5-3-2-4-6-10)13-7-12(19-9-20-13)22-14-21-11(8-24-14)15(16,17)18/h2-9H,1H3,(H,19,20,21,22). The molecule has 9 heteroatoms. The first-order valence-corrected chi connectivity index (χ1v) is 7.72. The van der Waals surface area contributed by atoms with E-state index in [-0.39, 0.29) is 5.13 Å². The highest BCUT2D eigenvalue weighted by Crippen LogP contribution is 2.32. The van der Waals surface area contributed by atoms with E-state index in [0.717, 1.165) is 22.4 Å². The summed E-state index contributed by atoms with van der Waals surface area (Å²) in [6.45, 7) is 0. The Bertz CT molecular complexity index is 819. The predicted octanol–water partition coefficient (Wildman–Crippen LogP) is 4.46. The highest BCUT2D eigenvalue weighted by Gasteiger charge is 2.33. The smallest absolute Gasteiger partial charge is 0.329 e. The second-order valence-corrected chi connectivity index (χ2v) is 5.67. The van der Waals surface area contributed by atoms with Gasteiger partial charge in [-0.1, -0.05) is 18.2 Å². The number of rotatable bonds is 4. The van der Waals surface area contributed by atoms with Crippen LogP contribution in [-0.4, -0.2) is 22.0 Å². The average Bonchev–Trinajstić information content (AvgIpc) is 3.04. The van der Waals surface area contributed by atoms with Gasteiger partial charge in [-0.3, -0.25) is 0 Å². The van der Waals surface area contributed by atoms with Gasteiger partial charge in [0.25, 0.3) is 0 Å². The minimum Gasteiger partial charge on any atom is -0.329 e. The van der Waals surface area contributed by atoms with Crippen molar-refractivity contribution in [1.82, 2.24) is 15.0 Å². The molecule has 3 rings (SSSR count). The maximum atomic E-state index is 12.6. The van der Waals surface area contributed by atoms with Crippen molar-refractivity contribution in [1.29, 1.82) is 0 Å². The summed E-state index contributed by atoms with van der Waals surface area (Å²) in [5.74, 6) is 0.970. The minimum atomic E-state index is -4.46. The molecule has 1 N–H and O–H groups in total. The molecule has 3 aromatic rings. The van der Waals surface area contributed by atoms with Crippen molar-refractivity contribution in [3.8, 4) is 0 Å². The number of aromatic nitrogens is 3. The number of hydrogen-bond acceptors (Lipinski definition) is 6. The summed E-state index contributed by atoms with van der Waals surface area (Å²) < 4.78 is 37.7. The Kier molecular flexibility index (Phi) is 4.34. The first-order valence-electron chi connectivity index (χ1n) is 6.84. The zero-order valence-electron chi connectivity index (χ0n) is 12.4. The van der Waals surface area contributed by atoms with Crippen LogP contribution < -0.4 is 10.2 Å². The fourth-order valence-corrected chi connectivity index (χ4v) is 2.68. The summed E-state index contributed by atoms with van der Waals surface area (Å²) in [6, 6.07) is 11.2. The van der Waals surface area contributed by atoms with Crippen molar-refractivity contribution in [3.05, 3.63) is 53.8 Å². The molecule has 0 radical (unpaired) electrons. The topological polar surface area (TPSA) is 53.9 Å². The zero-order valence-corrected chi connectivity index (χ0v) is 13.3. The summed E-state index contributed by atoms with van der Waals surface area (Å²) in [5.41, 5.74) is 0.00133. The lowest BCUT2D eigenvalue weighted by molar-refractivity contribution is -0.140. The second kappa shape index (κ2) is 6.44. The van der Waals surface area contributed by atoms with Crippen LogP contribution in [0.3, 0.4) is 0 Å². The Balaban J connectivity index is 1.80. The van der Waals surface area contributed by atoms with E-state index in [1.54, 1.807) is 6.07 Å². The first kappa shape index (κ1) is 16.2. The molecule has 0 saturated heterocycles. The normalized spacial score (nSPS) is 11.3. The number of benzene rings is 1. The van der Waals surface area contributed by atoms with Crippen molar-refractivity contribution in [2.24, 2.45) is 0 Å². The van der Waals surface area contributed by atoms with Gasteiger partial charge in [-0.15, -0.1) is 11.3 Å². The van der Waals surface area contributed by atoms with Crippen molar-refractivity contribution >= 4 is 33.8 Å². The SMILES string of the molecule is CN(c1ccccc1)c1cc(Nc2nc(C(F)(F)F)cs2)ncn1. The van der Waals surface area contributed by atoms with Crippen LogP contribution in [0.4, 0.5) is 35.6 Å². The maximum absolute atomic E-state index is 12.6. The predicted molar refractivity (Wildman–Crippen MR) is 86.9 cm³/mol. The fraction of sp³-hybridized carbons (Fsp3) is 0.133. The lowest BCUT2D eigenvalue weighted by Crippen LogP contribution is -2.11. The highest BCUT2D eigenvalue weighted by molar-refractivity contribution is 7.13. The van der Waals surface area contributed by atoms with Crippen molar-refractivity contribution < 1.29 is 13.2 Å². The number of alkyl halides is 3. The van der Waals surface area contributed by atoms with Gasteiger partial charge < -0.3 is 10.2 Å². The molecule has 0 unspecified atom stereocenters. The number of anilines is 4. The van der Waals surface area contributed by atoms with Crippen LogP contribution in [0.5, 0.6) is 0 Å². The van der Waals surface area contributed by atoms with Crippen LogP contribution in [-0.2, 0) is 6.18 Å². The Morgan fingerprint density at radius 2 is 1.88 bits per heavy atom. The van der Waals surface area contributed by atoms with Crippen LogP contribution in [0, 0.1) is 0 Å². The molecule has 0 spiro atoms. The largest absolute Gasteiger partial charge is 0.434 e. The van der Waals surface area contributed by atoms with E-state index >= 15 is 0 Å². The maximum Gasteiger partial charge on any atom is 0.434 e. The van der Waals surface area contributed by atoms with Crippen molar-refractivity contribution in [2.75, 3.05) is 17.3 Å². The zero-order chi connectivity index (χ0) is 17.2. The Morgan fingerprint density at radius 3 is 2.54 bits per heavy atom. The lowest BCUT2D eigenvalue weighted by Gasteiger charge is -2.18. The third-order valence-corrected chi connectivity index (χ3v) is 3.93. The van der Waals surface area contributed by atoms with E-state index in [1.165, 1.54) is 6.33 Å². The third-order valence-electron chi connectivity index (χ3n) is 3.17. The van der Waals surface area contributed by atoms with Gasteiger partial charge in [0.1, 0.15) is 18.0 Å². The minimum absolute atomic E-state index is 0.120. The number of thiazole rings is 1. The number of nitrogens with zero attached hydrogens (tertiary/aromatic N) is 4. The number of halogens is 3. The molecule has 0 atom stereocenters. The van der Waals surface area contributed by atoms with E-state index in [0.29, 0.717) is 11.6 Å². The van der Waals surface area contributed by atoms with Crippen LogP contribution in [0.2, 0.25) is 0 Å². The average molecular weight is 351 g/mol. The Morgan fingerprint density at radius 1 is 1.12 bits per heavy atom. The molecule has 0 fully saturated rings. The summed E-state index contributed by atoms with van der Waals surface area (Å²) in [5, 5.41) is 3.85.